The Balaban J connectivity index is 1.76. The van der Waals surface area contributed by atoms with E-state index in [-0.39, 0.29) is 11.4 Å². The number of rotatable bonds is 6. The predicted molar refractivity (Wildman–Crippen MR) is 101 cm³/mol. The van der Waals surface area contributed by atoms with Gasteiger partial charge in [0, 0.05) is 24.2 Å². The quantitative estimate of drug-likeness (QED) is 0.673. The largest absolute Gasteiger partial charge is 0.496 e. The first-order valence-corrected chi connectivity index (χ1v) is 8.44. The summed E-state index contributed by atoms with van der Waals surface area (Å²) in [5, 5.41) is 5.50. The van der Waals surface area contributed by atoms with Crippen molar-refractivity contribution in [2.45, 2.75) is 13.5 Å². The molecule has 0 spiro atoms. The van der Waals surface area contributed by atoms with Crippen molar-refractivity contribution < 1.29 is 18.3 Å². The normalized spacial score (nSPS) is 10.4. The Morgan fingerprint density at radius 3 is 2.64 bits per heavy atom. The van der Waals surface area contributed by atoms with E-state index >= 15 is 0 Å². The average molecular weight is 384 g/mol. The molecule has 0 bridgehead atoms. The van der Waals surface area contributed by atoms with Crippen LogP contribution >= 0.6 is 0 Å². The van der Waals surface area contributed by atoms with Crippen LogP contribution in [0.4, 0.5) is 20.3 Å². The highest BCUT2D eigenvalue weighted by molar-refractivity contribution is 6.03. The van der Waals surface area contributed by atoms with Gasteiger partial charge in [-0.05, 0) is 25.1 Å². The van der Waals surface area contributed by atoms with Crippen LogP contribution in [0.5, 0.6) is 5.75 Å². The molecule has 28 heavy (non-hydrogen) atoms. The fourth-order valence-corrected chi connectivity index (χ4v) is 2.59. The summed E-state index contributed by atoms with van der Waals surface area (Å²) in [5.74, 6) is -0.690. The van der Waals surface area contributed by atoms with Crippen LogP contribution in [0.1, 0.15) is 21.9 Å². The van der Waals surface area contributed by atoms with Gasteiger partial charge in [0.15, 0.2) is 0 Å². The van der Waals surface area contributed by atoms with Gasteiger partial charge in [0.25, 0.3) is 5.91 Å². The number of halogens is 2. The number of ether oxygens (including phenoxy) is 1. The number of hydrogen-bond donors (Lipinski definition) is 2. The first kappa shape index (κ1) is 19.2. The maximum Gasteiger partial charge on any atom is 0.274 e. The molecule has 0 aliphatic heterocycles. The number of aryl methyl sites for hydroxylation is 1. The first-order chi connectivity index (χ1) is 13.5. The highest BCUT2D eigenvalue weighted by Crippen LogP contribution is 2.19. The fourth-order valence-electron chi connectivity index (χ4n) is 2.59. The van der Waals surface area contributed by atoms with Crippen molar-refractivity contribution in [3.8, 4) is 5.75 Å². The van der Waals surface area contributed by atoms with Crippen molar-refractivity contribution in [3.63, 3.8) is 0 Å². The van der Waals surface area contributed by atoms with Crippen LogP contribution in [0.3, 0.4) is 0 Å². The zero-order valence-electron chi connectivity index (χ0n) is 15.3. The molecule has 0 fully saturated rings. The number of aromatic nitrogens is 2. The Morgan fingerprint density at radius 1 is 1.11 bits per heavy atom. The smallest absolute Gasteiger partial charge is 0.274 e. The highest BCUT2D eigenvalue weighted by Gasteiger charge is 2.14. The van der Waals surface area contributed by atoms with Gasteiger partial charge in [-0.25, -0.2) is 18.7 Å². The lowest BCUT2D eigenvalue weighted by Crippen LogP contribution is -2.16. The molecule has 144 valence electrons. The summed E-state index contributed by atoms with van der Waals surface area (Å²) in [4.78, 5) is 20.8. The van der Waals surface area contributed by atoms with Gasteiger partial charge >= 0.3 is 0 Å². The van der Waals surface area contributed by atoms with Crippen molar-refractivity contribution in [1.29, 1.82) is 0 Å². The van der Waals surface area contributed by atoms with E-state index in [0.717, 1.165) is 23.4 Å². The molecule has 0 saturated heterocycles. The molecule has 0 unspecified atom stereocenters. The van der Waals surface area contributed by atoms with Gasteiger partial charge in [-0.3, -0.25) is 4.79 Å². The van der Waals surface area contributed by atoms with Crippen LogP contribution in [0.25, 0.3) is 0 Å². The average Bonchev–Trinajstić information content (AvgIpc) is 2.68. The number of anilines is 2. The molecule has 0 atom stereocenters. The number of para-hydroxylation sites is 1. The van der Waals surface area contributed by atoms with E-state index in [1.165, 1.54) is 6.07 Å². The molecule has 6 nitrogen and oxygen atoms in total. The minimum Gasteiger partial charge on any atom is -0.496 e. The van der Waals surface area contributed by atoms with Gasteiger partial charge in [-0.2, -0.15) is 0 Å². The van der Waals surface area contributed by atoms with Crippen molar-refractivity contribution in [2.24, 2.45) is 0 Å². The summed E-state index contributed by atoms with van der Waals surface area (Å²) in [6.07, 6.45) is 0. The van der Waals surface area contributed by atoms with Gasteiger partial charge < -0.3 is 15.4 Å². The van der Waals surface area contributed by atoms with Crippen LogP contribution in [0.15, 0.2) is 48.5 Å². The molecule has 3 aromatic rings. The lowest BCUT2D eigenvalue weighted by molar-refractivity contribution is 0.102. The highest BCUT2D eigenvalue weighted by atomic mass is 19.1. The topological polar surface area (TPSA) is 76.1 Å². The number of hydrogen-bond acceptors (Lipinski definition) is 5. The molecular formula is C20H18F2N4O2. The maximum atomic E-state index is 13.8. The Labute approximate surface area is 160 Å². The molecule has 0 radical (unpaired) electrons. The first-order valence-electron chi connectivity index (χ1n) is 8.44. The number of carbonyl (C=O) groups is 1. The summed E-state index contributed by atoms with van der Waals surface area (Å²) in [6.45, 7) is 2.07. The molecule has 1 aromatic heterocycles. The van der Waals surface area contributed by atoms with Crippen molar-refractivity contribution in [3.05, 3.63) is 77.2 Å². The van der Waals surface area contributed by atoms with E-state index in [1.54, 1.807) is 14.0 Å². The van der Waals surface area contributed by atoms with Gasteiger partial charge in [0.1, 0.15) is 34.7 Å². The molecular weight excluding hydrogens is 366 g/mol. The Bertz CT molecular complexity index is 1010. The third-order valence-electron chi connectivity index (χ3n) is 3.90. The molecule has 2 N–H and O–H groups in total. The van der Waals surface area contributed by atoms with Crippen LogP contribution in [0.2, 0.25) is 0 Å². The molecule has 0 aliphatic rings. The molecule has 0 aliphatic carbocycles. The van der Waals surface area contributed by atoms with E-state index in [4.69, 9.17) is 4.74 Å². The lowest BCUT2D eigenvalue weighted by atomic mass is 10.2. The summed E-state index contributed by atoms with van der Waals surface area (Å²) >= 11 is 0. The van der Waals surface area contributed by atoms with Gasteiger partial charge in [0.2, 0.25) is 0 Å². The van der Waals surface area contributed by atoms with Gasteiger partial charge in [0.05, 0.1) is 12.8 Å². The minimum atomic E-state index is -0.867. The number of benzene rings is 2. The van der Waals surface area contributed by atoms with Gasteiger partial charge in [-0.15, -0.1) is 0 Å². The number of amides is 1. The number of nitrogens with zero attached hydrogens (tertiary/aromatic N) is 2. The molecule has 1 heterocycles. The number of methoxy groups -OCH3 is 1. The molecule has 3 rings (SSSR count). The maximum absolute atomic E-state index is 13.8. The number of nitrogens with one attached hydrogen (secondary N) is 2. The lowest BCUT2D eigenvalue weighted by Gasteiger charge is -2.11. The van der Waals surface area contributed by atoms with E-state index < -0.39 is 17.5 Å². The molecule has 0 saturated carbocycles. The van der Waals surface area contributed by atoms with Crippen molar-refractivity contribution in [1.82, 2.24) is 9.97 Å². The fraction of sp³-hybridized carbons (Fsp3) is 0.150. The zero-order chi connectivity index (χ0) is 20.1. The summed E-state index contributed by atoms with van der Waals surface area (Å²) in [5.41, 5.74) is 0.839. The van der Waals surface area contributed by atoms with Crippen LogP contribution in [0, 0.1) is 18.6 Å². The third-order valence-corrected chi connectivity index (χ3v) is 3.90. The van der Waals surface area contributed by atoms with E-state index in [1.807, 2.05) is 24.3 Å². The van der Waals surface area contributed by atoms with E-state index in [0.29, 0.717) is 24.3 Å². The van der Waals surface area contributed by atoms with E-state index in [9.17, 15) is 13.6 Å². The zero-order valence-corrected chi connectivity index (χ0v) is 15.3. The second-order valence-corrected chi connectivity index (χ2v) is 5.93. The second-order valence-electron chi connectivity index (χ2n) is 5.93. The minimum absolute atomic E-state index is 0.0544. The van der Waals surface area contributed by atoms with Crippen LogP contribution in [-0.2, 0) is 6.54 Å². The van der Waals surface area contributed by atoms with Crippen LogP contribution < -0.4 is 15.4 Å². The monoisotopic (exact) mass is 384 g/mol. The Morgan fingerprint density at radius 2 is 1.89 bits per heavy atom. The number of carbonyl (C=O) groups excluding carboxylic acids is 1. The summed E-state index contributed by atoms with van der Waals surface area (Å²) in [7, 11) is 1.59. The molecule has 2 aromatic carbocycles. The van der Waals surface area contributed by atoms with Crippen LogP contribution in [-0.4, -0.2) is 23.0 Å². The second kappa shape index (κ2) is 8.43. The summed E-state index contributed by atoms with van der Waals surface area (Å²) in [6, 6.07) is 11.9. The molecule has 1 amide bonds. The standard InChI is InChI=1S/C20H18F2N4O2/c1-12-24-17(20(27)26-16-8-7-14(21)9-15(16)22)10-19(25-12)23-11-13-5-3-4-6-18(13)28-2/h3-10H,11H2,1-2H3,(H,26,27)(H,23,24,25). The third kappa shape index (κ3) is 4.59. The van der Waals surface area contributed by atoms with Crippen molar-refractivity contribution >= 4 is 17.4 Å². The predicted octanol–water partition coefficient (Wildman–Crippen LogP) is 3.94. The molecule has 8 heteroatoms. The SMILES string of the molecule is COc1ccccc1CNc1cc(C(=O)Nc2ccc(F)cc2F)nc(C)n1. The van der Waals surface area contributed by atoms with E-state index in [2.05, 4.69) is 20.6 Å². The Hall–Kier alpha value is -3.55. The van der Waals surface area contributed by atoms with Gasteiger partial charge in [-0.1, -0.05) is 18.2 Å². The van der Waals surface area contributed by atoms with Crippen molar-refractivity contribution in [2.75, 3.05) is 17.7 Å². The Kier molecular flexibility index (Phi) is 5.78. The summed E-state index contributed by atoms with van der Waals surface area (Å²) < 4.78 is 32.1.